The van der Waals surface area contributed by atoms with Crippen LogP contribution in [0.25, 0.3) is 0 Å². The molecule has 0 aliphatic rings. The molecule has 86 valence electrons. The summed E-state index contributed by atoms with van der Waals surface area (Å²) in [6.07, 6.45) is 1.96. The standard InChI is InChI=1S/C10H13BrClNO.ClH/c11-8-5-9(12)7-10(6-8)14-4-2-1-3-13;/h5-7H,1-4,13H2;1H. The molecule has 0 radical (unpaired) electrons. The molecule has 0 fully saturated rings. The summed E-state index contributed by atoms with van der Waals surface area (Å²) >= 11 is 9.21. The predicted molar refractivity (Wildman–Crippen MR) is 70.2 cm³/mol. The maximum absolute atomic E-state index is 5.86. The second kappa shape index (κ2) is 8.22. The Bertz CT molecular complexity index is 277. The maximum atomic E-state index is 5.86. The first-order chi connectivity index (χ1) is 6.72. The van der Waals surface area contributed by atoms with E-state index in [0.717, 1.165) is 23.1 Å². The first-order valence-electron chi connectivity index (χ1n) is 4.51. The van der Waals surface area contributed by atoms with Crippen molar-refractivity contribution in [3.63, 3.8) is 0 Å². The van der Waals surface area contributed by atoms with Crippen molar-refractivity contribution in [1.82, 2.24) is 0 Å². The molecule has 0 heterocycles. The van der Waals surface area contributed by atoms with Gasteiger partial charge in [-0.15, -0.1) is 12.4 Å². The van der Waals surface area contributed by atoms with Gasteiger partial charge in [0, 0.05) is 9.50 Å². The van der Waals surface area contributed by atoms with Gasteiger partial charge in [0.15, 0.2) is 0 Å². The zero-order chi connectivity index (χ0) is 10.4. The van der Waals surface area contributed by atoms with Crippen LogP contribution in [-0.4, -0.2) is 13.2 Å². The van der Waals surface area contributed by atoms with Gasteiger partial charge < -0.3 is 10.5 Å². The molecule has 1 aromatic carbocycles. The van der Waals surface area contributed by atoms with Crippen LogP contribution in [-0.2, 0) is 0 Å². The van der Waals surface area contributed by atoms with E-state index in [2.05, 4.69) is 15.9 Å². The second-order valence-corrected chi connectivity index (χ2v) is 4.30. The number of ether oxygens (including phenoxy) is 1. The summed E-state index contributed by atoms with van der Waals surface area (Å²) in [5.41, 5.74) is 5.37. The van der Waals surface area contributed by atoms with Crippen molar-refractivity contribution in [2.24, 2.45) is 5.73 Å². The van der Waals surface area contributed by atoms with Crippen molar-refractivity contribution < 1.29 is 4.74 Å². The summed E-state index contributed by atoms with van der Waals surface area (Å²) in [4.78, 5) is 0. The minimum absolute atomic E-state index is 0. The number of benzene rings is 1. The summed E-state index contributed by atoms with van der Waals surface area (Å²) in [6, 6.07) is 5.53. The van der Waals surface area contributed by atoms with E-state index < -0.39 is 0 Å². The fraction of sp³-hybridized carbons (Fsp3) is 0.400. The molecular formula is C10H14BrCl2NO. The lowest BCUT2D eigenvalue weighted by Gasteiger charge is -2.06. The molecule has 0 aromatic heterocycles. The Kier molecular flexibility index (Phi) is 8.24. The molecule has 1 aromatic rings. The first kappa shape index (κ1) is 15.0. The predicted octanol–water partition coefficient (Wildman–Crippen LogP) is 3.64. The van der Waals surface area contributed by atoms with Crippen molar-refractivity contribution in [3.8, 4) is 5.75 Å². The molecule has 0 saturated carbocycles. The molecule has 0 unspecified atom stereocenters. The summed E-state index contributed by atoms with van der Waals surface area (Å²) < 4.78 is 6.43. The van der Waals surface area contributed by atoms with Crippen molar-refractivity contribution in [1.29, 1.82) is 0 Å². The molecule has 0 bridgehead atoms. The lowest BCUT2D eigenvalue weighted by Crippen LogP contribution is -2.03. The van der Waals surface area contributed by atoms with Crippen LogP contribution >= 0.6 is 39.9 Å². The average molecular weight is 315 g/mol. The number of nitrogens with two attached hydrogens (primary N) is 1. The summed E-state index contributed by atoms with van der Waals surface area (Å²) in [5, 5.41) is 0.674. The Morgan fingerprint density at radius 1 is 1.27 bits per heavy atom. The van der Waals surface area contributed by atoms with Crippen molar-refractivity contribution >= 4 is 39.9 Å². The highest BCUT2D eigenvalue weighted by molar-refractivity contribution is 9.10. The van der Waals surface area contributed by atoms with Gasteiger partial charge >= 0.3 is 0 Å². The highest BCUT2D eigenvalue weighted by atomic mass is 79.9. The SMILES string of the molecule is Cl.NCCCCOc1cc(Cl)cc(Br)c1. The fourth-order valence-corrected chi connectivity index (χ4v) is 1.88. The molecule has 5 heteroatoms. The number of hydrogen-bond acceptors (Lipinski definition) is 2. The molecule has 0 spiro atoms. The Morgan fingerprint density at radius 3 is 2.60 bits per heavy atom. The van der Waals surface area contributed by atoms with Gasteiger partial charge in [0.2, 0.25) is 0 Å². The third-order valence-corrected chi connectivity index (χ3v) is 2.38. The van der Waals surface area contributed by atoms with Gasteiger partial charge in [-0.25, -0.2) is 0 Å². The maximum Gasteiger partial charge on any atom is 0.121 e. The third-order valence-electron chi connectivity index (χ3n) is 1.70. The van der Waals surface area contributed by atoms with Gasteiger partial charge in [-0.2, -0.15) is 0 Å². The van der Waals surface area contributed by atoms with E-state index in [9.17, 15) is 0 Å². The zero-order valence-electron chi connectivity index (χ0n) is 8.21. The van der Waals surface area contributed by atoms with Gasteiger partial charge in [0.1, 0.15) is 5.75 Å². The van der Waals surface area contributed by atoms with Gasteiger partial charge in [-0.1, -0.05) is 27.5 Å². The van der Waals surface area contributed by atoms with E-state index in [0.29, 0.717) is 18.2 Å². The largest absolute Gasteiger partial charge is 0.494 e. The zero-order valence-corrected chi connectivity index (χ0v) is 11.4. The quantitative estimate of drug-likeness (QED) is 0.842. The Hall–Kier alpha value is 0.0400. The molecule has 2 N–H and O–H groups in total. The van der Waals surface area contributed by atoms with Crippen LogP contribution < -0.4 is 10.5 Å². The van der Waals surface area contributed by atoms with Crippen molar-refractivity contribution in [2.75, 3.05) is 13.2 Å². The Morgan fingerprint density at radius 2 is 2.00 bits per heavy atom. The molecule has 0 amide bonds. The summed E-state index contributed by atoms with van der Waals surface area (Å²) in [5.74, 6) is 0.793. The molecule has 0 saturated heterocycles. The molecule has 0 atom stereocenters. The topological polar surface area (TPSA) is 35.2 Å². The Labute approximate surface area is 110 Å². The minimum Gasteiger partial charge on any atom is -0.494 e. The molecule has 2 nitrogen and oxygen atoms in total. The van der Waals surface area contributed by atoms with Crippen LogP contribution in [0, 0.1) is 0 Å². The summed E-state index contributed by atoms with van der Waals surface area (Å²) in [6.45, 7) is 1.40. The van der Waals surface area contributed by atoms with Crippen LogP contribution in [0.5, 0.6) is 5.75 Å². The van der Waals surface area contributed by atoms with Crippen molar-refractivity contribution in [3.05, 3.63) is 27.7 Å². The van der Waals surface area contributed by atoms with Crippen LogP contribution in [0.2, 0.25) is 5.02 Å². The first-order valence-corrected chi connectivity index (χ1v) is 5.68. The highest BCUT2D eigenvalue weighted by Crippen LogP contribution is 2.24. The molecule has 15 heavy (non-hydrogen) atoms. The molecular weight excluding hydrogens is 301 g/mol. The minimum atomic E-state index is 0. The third kappa shape index (κ3) is 6.25. The average Bonchev–Trinajstić information content (AvgIpc) is 2.11. The smallest absolute Gasteiger partial charge is 0.121 e. The fourth-order valence-electron chi connectivity index (χ4n) is 1.05. The highest BCUT2D eigenvalue weighted by Gasteiger charge is 1.98. The molecule has 1 rings (SSSR count). The van der Waals surface area contributed by atoms with E-state index >= 15 is 0 Å². The van der Waals surface area contributed by atoms with Gasteiger partial charge in [0.25, 0.3) is 0 Å². The van der Waals surface area contributed by atoms with E-state index in [1.807, 2.05) is 12.1 Å². The van der Waals surface area contributed by atoms with E-state index in [4.69, 9.17) is 22.1 Å². The molecule has 0 aliphatic heterocycles. The van der Waals surface area contributed by atoms with Gasteiger partial charge in [-0.3, -0.25) is 0 Å². The van der Waals surface area contributed by atoms with Crippen LogP contribution in [0.4, 0.5) is 0 Å². The van der Waals surface area contributed by atoms with Gasteiger partial charge in [0.05, 0.1) is 6.61 Å². The Balaban J connectivity index is 0.00000196. The van der Waals surface area contributed by atoms with Crippen LogP contribution in [0.3, 0.4) is 0 Å². The van der Waals surface area contributed by atoms with E-state index in [1.165, 1.54) is 0 Å². The second-order valence-electron chi connectivity index (χ2n) is 2.95. The lowest BCUT2D eigenvalue weighted by atomic mass is 10.3. The monoisotopic (exact) mass is 313 g/mol. The number of unbranched alkanes of at least 4 members (excludes halogenated alkanes) is 1. The summed E-state index contributed by atoms with van der Waals surface area (Å²) in [7, 11) is 0. The van der Waals surface area contributed by atoms with E-state index in [1.54, 1.807) is 6.07 Å². The lowest BCUT2D eigenvalue weighted by molar-refractivity contribution is 0.307. The molecule has 0 aliphatic carbocycles. The van der Waals surface area contributed by atoms with Crippen LogP contribution in [0.15, 0.2) is 22.7 Å². The number of hydrogen-bond donors (Lipinski definition) is 1. The van der Waals surface area contributed by atoms with E-state index in [-0.39, 0.29) is 12.4 Å². The van der Waals surface area contributed by atoms with Crippen molar-refractivity contribution in [2.45, 2.75) is 12.8 Å². The normalized spacial score (nSPS) is 9.53. The number of halogens is 3. The van der Waals surface area contributed by atoms with Gasteiger partial charge in [-0.05, 0) is 37.6 Å². The van der Waals surface area contributed by atoms with Crippen LogP contribution in [0.1, 0.15) is 12.8 Å². The number of rotatable bonds is 5.